The summed E-state index contributed by atoms with van der Waals surface area (Å²) >= 11 is 0. The van der Waals surface area contributed by atoms with E-state index in [-0.39, 0.29) is 24.3 Å². The van der Waals surface area contributed by atoms with E-state index in [9.17, 15) is 62.9 Å². The highest BCUT2D eigenvalue weighted by Gasteiger charge is 2.73. The average molecular weight is 654 g/mol. The van der Waals surface area contributed by atoms with Crippen molar-refractivity contribution in [3.8, 4) is 33.8 Å². The first-order chi connectivity index (χ1) is 20.5. The largest absolute Gasteiger partial charge is 0.505 e. The molecule has 0 radical (unpaired) electrons. The minimum Gasteiger partial charge on any atom is -0.505 e. The molecule has 240 valence electrons. The minimum absolute atomic E-state index is 0.171. The van der Waals surface area contributed by atoms with Gasteiger partial charge in [0.2, 0.25) is 5.41 Å². The number of halogens is 12. The SMILES string of the molecule is Nc1cc(C(c2cc(N)c(O)c(-c3ccc(C(F)(F)F)cc3)c2)(C(F)(F)F)C(F)(F)F)cc(-c2ccc(C(F)(F)F)cc2)c1O. The molecular formula is C29H18F12N2O2. The molecule has 0 amide bonds. The van der Waals surface area contributed by atoms with E-state index in [1.165, 1.54) is 0 Å². The average Bonchev–Trinajstić information content (AvgIpc) is 2.90. The van der Waals surface area contributed by atoms with Crippen molar-refractivity contribution in [1.82, 2.24) is 0 Å². The van der Waals surface area contributed by atoms with Gasteiger partial charge in [0.1, 0.15) is 11.5 Å². The number of aromatic hydroxyl groups is 2. The van der Waals surface area contributed by atoms with Crippen LogP contribution in [0.25, 0.3) is 22.3 Å². The first-order valence-electron chi connectivity index (χ1n) is 12.2. The molecule has 16 heteroatoms. The summed E-state index contributed by atoms with van der Waals surface area (Å²) in [6.07, 6.45) is -22.2. The fraction of sp³-hybridized carbons (Fsp3) is 0.172. The van der Waals surface area contributed by atoms with E-state index >= 15 is 0 Å². The Morgan fingerprint density at radius 3 is 0.956 bits per heavy atom. The lowest BCUT2D eigenvalue weighted by atomic mass is 9.71. The molecule has 0 fully saturated rings. The van der Waals surface area contributed by atoms with E-state index in [4.69, 9.17) is 11.5 Å². The zero-order valence-electron chi connectivity index (χ0n) is 22.0. The fourth-order valence-electron chi connectivity index (χ4n) is 4.85. The number of anilines is 2. The third-order valence-corrected chi connectivity index (χ3v) is 7.04. The highest BCUT2D eigenvalue weighted by atomic mass is 19.4. The molecule has 0 aliphatic heterocycles. The zero-order chi connectivity index (χ0) is 33.9. The predicted molar refractivity (Wildman–Crippen MR) is 139 cm³/mol. The molecule has 0 aliphatic carbocycles. The molecule has 0 unspecified atom stereocenters. The third-order valence-electron chi connectivity index (χ3n) is 7.04. The van der Waals surface area contributed by atoms with Crippen molar-refractivity contribution in [2.24, 2.45) is 0 Å². The monoisotopic (exact) mass is 654 g/mol. The van der Waals surface area contributed by atoms with Gasteiger partial charge in [-0.3, -0.25) is 0 Å². The van der Waals surface area contributed by atoms with Gasteiger partial charge in [-0.15, -0.1) is 0 Å². The van der Waals surface area contributed by atoms with Crippen LogP contribution in [0.5, 0.6) is 11.5 Å². The molecule has 4 nitrogen and oxygen atoms in total. The number of phenolic OH excluding ortho intramolecular Hbond substituents is 2. The molecule has 0 spiro atoms. The highest BCUT2D eigenvalue weighted by Crippen LogP contribution is 2.59. The number of nitrogens with two attached hydrogens (primary N) is 2. The van der Waals surface area contributed by atoms with E-state index in [0.29, 0.717) is 48.5 Å². The summed E-state index contributed by atoms with van der Waals surface area (Å²) in [6, 6.07) is 5.56. The second-order valence-electron chi connectivity index (χ2n) is 9.82. The second kappa shape index (κ2) is 10.7. The van der Waals surface area contributed by atoms with Gasteiger partial charge in [-0.2, -0.15) is 52.7 Å². The van der Waals surface area contributed by atoms with Gasteiger partial charge < -0.3 is 21.7 Å². The standard InChI is InChI=1S/C29H18F12N2O2/c30-26(31,32)15-5-1-13(2-6-15)19-9-17(11-21(42)23(19)44)25(28(36,37)38,29(39,40)41)18-10-20(24(45)22(43)12-18)14-3-7-16(8-4-14)27(33,34)35/h1-12,44-45H,42-43H2. The number of benzene rings is 4. The topological polar surface area (TPSA) is 92.5 Å². The highest BCUT2D eigenvalue weighted by molar-refractivity contribution is 5.81. The maximum Gasteiger partial charge on any atom is 0.416 e. The molecule has 4 aromatic rings. The lowest BCUT2D eigenvalue weighted by Crippen LogP contribution is -2.54. The Bertz CT molecular complexity index is 1590. The number of hydrogen-bond donors (Lipinski definition) is 4. The van der Waals surface area contributed by atoms with Crippen molar-refractivity contribution in [2.75, 3.05) is 11.5 Å². The summed E-state index contributed by atoms with van der Waals surface area (Å²) in [5, 5.41) is 20.9. The second-order valence-corrected chi connectivity index (χ2v) is 9.82. The van der Waals surface area contributed by atoms with Crippen LogP contribution in [-0.4, -0.2) is 22.6 Å². The normalized spacial score (nSPS) is 13.2. The Morgan fingerprint density at radius 2 is 0.711 bits per heavy atom. The lowest BCUT2D eigenvalue weighted by molar-refractivity contribution is -0.288. The van der Waals surface area contributed by atoms with Crippen molar-refractivity contribution in [3.63, 3.8) is 0 Å². The van der Waals surface area contributed by atoms with Crippen LogP contribution in [0.3, 0.4) is 0 Å². The number of alkyl halides is 12. The molecule has 0 atom stereocenters. The summed E-state index contributed by atoms with van der Waals surface area (Å²) in [7, 11) is 0. The Kier molecular flexibility index (Phi) is 7.88. The quantitative estimate of drug-likeness (QED) is 0.100. The van der Waals surface area contributed by atoms with Crippen LogP contribution in [0.15, 0.2) is 72.8 Å². The van der Waals surface area contributed by atoms with E-state index in [0.717, 1.165) is 0 Å². The summed E-state index contributed by atoms with van der Waals surface area (Å²) in [6.45, 7) is 0. The smallest absolute Gasteiger partial charge is 0.416 e. The molecule has 45 heavy (non-hydrogen) atoms. The summed E-state index contributed by atoms with van der Waals surface area (Å²) in [4.78, 5) is 0. The molecule has 0 heterocycles. The Balaban J connectivity index is 2.05. The van der Waals surface area contributed by atoms with Gasteiger partial charge in [0.05, 0.1) is 22.5 Å². The van der Waals surface area contributed by atoms with Crippen LogP contribution >= 0.6 is 0 Å². The van der Waals surface area contributed by atoms with Crippen molar-refractivity contribution in [2.45, 2.75) is 30.1 Å². The first kappa shape index (κ1) is 33.1. The van der Waals surface area contributed by atoms with Gasteiger partial charge >= 0.3 is 24.7 Å². The minimum atomic E-state index is -6.27. The van der Waals surface area contributed by atoms with Gasteiger partial charge in [0.25, 0.3) is 0 Å². The molecule has 0 saturated heterocycles. The molecule has 0 aliphatic rings. The van der Waals surface area contributed by atoms with Crippen LogP contribution in [0.2, 0.25) is 0 Å². The predicted octanol–water partition coefficient (Wildman–Crippen LogP) is 9.04. The first-order valence-corrected chi connectivity index (χ1v) is 12.2. The van der Waals surface area contributed by atoms with Gasteiger partial charge in [-0.1, -0.05) is 24.3 Å². The van der Waals surface area contributed by atoms with Crippen LogP contribution in [0.1, 0.15) is 22.3 Å². The lowest BCUT2D eigenvalue weighted by Gasteiger charge is -2.39. The molecule has 0 aromatic heterocycles. The molecule has 4 rings (SSSR count). The van der Waals surface area contributed by atoms with Crippen molar-refractivity contribution in [1.29, 1.82) is 0 Å². The van der Waals surface area contributed by atoms with E-state index in [1.807, 2.05) is 0 Å². The summed E-state index contributed by atoms with van der Waals surface area (Å²) in [5.41, 5.74) is -3.89. The Labute approximate surface area is 245 Å². The molecule has 0 bridgehead atoms. The van der Waals surface area contributed by atoms with Gasteiger partial charge in [0, 0.05) is 11.1 Å². The summed E-state index contributed by atoms with van der Waals surface area (Å²) < 4.78 is 168. The van der Waals surface area contributed by atoms with E-state index in [1.54, 1.807) is 0 Å². The Hall–Kier alpha value is -4.76. The van der Waals surface area contributed by atoms with Crippen LogP contribution < -0.4 is 11.5 Å². The molecule has 0 saturated carbocycles. The van der Waals surface area contributed by atoms with E-state index in [2.05, 4.69) is 0 Å². The number of phenols is 2. The van der Waals surface area contributed by atoms with Crippen molar-refractivity contribution >= 4 is 11.4 Å². The number of nitrogen functional groups attached to an aromatic ring is 2. The zero-order valence-corrected chi connectivity index (χ0v) is 22.0. The van der Waals surface area contributed by atoms with Gasteiger partial charge in [-0.25, -0.2) is 0 Å². The van der Waals surface area contributed by atoms with Gasteiger partial charge in [0.15, 0.2) is 0 Å². The fourth-order valence-corrected chi connectivity index (χ4v) is 4.85. The van der Waals surface area contributed by atoms with Crippen molar-refractivity contribution in [3.05, 3.63) is 95.1 Å². The van der Waals surface area contributed by atoms with Gasteiger partial charge in [-0.05, 0) is 70.8 Å². The number of rotatable bonds is 4. The number of hydrogen-bond acceptors (Lipinski definition) is 4. The van der Waals surface area contributed by atoms with E-state index < -0.39 is 97.5 Å². The third kappa shape index (κ3) is 5.76. The molecule has 4 aromatic carbocycles. The van der Waals surface area contributed by atoms with Crippen LogP contribution in [-0.2, 0) is 17.8 Å². The van der Waals surface area contributed by atoms with Crippen LogP contribution in [0.4, 0.5) is 64.1 Å². The summed E-state index contributed by atoms with van der Waals surface area (Å²) in [5.74, 6) is -2.07. The van der Waals surface area contributed by atoms with Crippen LogP contribution in [0, 0.1) is 0 Å². The molecule has 6 N–H and O–H groups in total. The van der Waals surface area contributed by atoms with Crippen molar-refractivity contribution < 1.29 is 62.9 Å². The Morgan fingerprint density at radius 1 is 0.422 bits per heavy atom. The molecular weight excluding hydrogens is 636 g/mol. The maximum atomic E-state index is 15.0. The maximum absolute atomic E-state index is 15.0.